The number of hydrogen-bond donors (Lipinski definition) is 0. The number of esters is 1. The molecular weight excluding hydrogens is 340 g/mol. The van der Waals surface area contributed by atoms with Crippen LogP contribution in [0.15, 0.2) is 48.5 Å². The second-order valence-electron chi connectivity index (χ2n) is 6.03. The van der Waals surface area contributed by atoms with Crippen molar-refractivity contribution in [3.63, 3.8) is 0 Å². The van der Waals surface area contributed by atoms with Gasteiger partial charge in [0.05, 0.1) is 18.6 Å². The molecule has 0 aliphatic heterocycles. The first-order chi connectivity index (χ1) is 12.4. The Balaban J connectivity index is 2.17. The molecule has 2 rings (SSSR count). The van der Waals surface area contributed by atoms with Crippen molar-refractivity contribution in [1.29, 1.82) is 0 Å². The van der Waals surface area contributed by atoms with E-state index in [0.717, 1.165) is 5.56 Å². The third-order valence-electron chi connectivity index (χ3n) is 4.07. The fourth-order valence-electron chi connectivity index (χ4n) is 2.60. The Kier molecular flexibility index (Phi) is 6.83. The second kappa shape index (κ2) is 9.08. The average molecular weight is 361 g/mol. The molecule has 0 aromatic heterocycles. The number of methoxy groups -OCH3 is 1. The van der Waals surface area contributed by atoms with Crippen LogP contribution < -0.4 is 0 Å². The fourth-order valence-corrected chi connectivity index (χ4v) is 2.60. The third kappa shape index (κ3) is 5.12. The molecule has 0 aliphatic carbocycles. The van der Waals surface area contributed by atoms with Crippen molar-refractivity contribution in [3.8, 4) is 0 Å². The van der Waals surface area contributed by atoms with E-state index in [-0.39, 0.29) is 24.5 Å². The SMILES string of the molecule is COC(=O)C(C)CN(CCc1ccc(F)cc1)C(=O)c1ccccc1F. The Morgan fingerprint density at radius 2 is 1.73 bits per heavy atom. The molecule has 138 valence electrons. The van der Waals surface area contributed by atoms with Gasteiger partial charge in [-0.1, -0.05) is 31.2 Å². The summed E-state index contributed by atoms with van der Waals surface area (Å²) in [5.74, 6) is -2.45. The molecule has 0 aliphatic rings. The predicted octanol–water partition coefficient (Wildman–Crippen LogP) is 3.46. The first-order valence-electron chi connectivity index (χ1n) is 8.28. The van der Waals surface area contributed by atoms with Crippen molar-refractivity contribution >= 4 is 11.9 Å². The number of rotatable bonds is 7. The van der Waals surface area contributed by atoms with Gasteiger partial charge in [0.25, 0.3) is 5.91 Å². The van der Waals surface area contributed by atoms with Crippen LogP contribution in [0.4, 0.5) is 8.78 Å². The summed E-state index contributed by atoms with van der Waals surface area (Å²) < 4.78 is 31.7. The number of amides is 1. The van der Waals surface area contributed by atoms with Gasteiger partial charge in [-0.25, -0.2) is 8.78 Å². The lowest BCUT2D eigenvalue weighted by Gasteiger charge is -2.25. The molecule has 0 heterocycles. The minimum absolute atomic E-state index is 0.0522. The molecule has 0 radical (unpaired) electrons. The van der Waals surface area contributed by atoms with E-state index in [0.29, 0.717) is 6.42 Å². The van der Waals surface area contributed by atoms with Gasteiger partial charge in [0.15, 0.2) is 0 Å². The number of ether oxygens (including phenoxy) is 1. The Morgan fingerprint density at radius 1 is 1.08 bits per heavy atom. The van der Waals surface area contributed by atoms with Gasteiger partial charge in [-0.3, -0.25) is 9.59 Å². The number of nitrogens with zero attached hydrogens (tertiary/aromatic N) is 1. The smallest absolute Gasteiger partial charge is 0.310 e. The van der Waals surface area contributed by atoms with Gasteiger partial charge in [0.1, 0.15) is 11.6 Å². The minimum atomic E-state index is -0.616. The molecule has 1 unspecified atom stereocenters. The van der Waals surface area contributed by atoms with Crippen molar-refractivity contribution in [2.45, 2.75) is 13.3 Å². The first-order valence-corrected chi connectivity index (χ1v) is 8.28. The fraction of sp³-hybridized carbons (Fsp3) is 0.300. The summed E-state index contributed by atoms with van der Waals surface area (Å²) in [4.78, 5) is 25.9. The van der Waals surface area contributed by atoms with E-state index in [9.17, 15) is 18.4 Å². The monoisotopic (exact) mass is 361 g/mol. The van der Waals surface area contributed by atoms with Crippen LogP contribution in [-0.2, 0) is 16.0 Å². The Labute approximate surface area is 151 Å². The number of benzene rings is 2. The van der Waals surface area contributed by atoms with Crippen molar-refractivity contribution in [1.82, 2.24) is 4.90 Å². The molecule has 0 saturated heterocycles. The van der Waals surface area contributed by atoms with E-state index < -0.39 is 23.6 Å². The first kappa shape index (κ1) is 19.6. The molecule has 4 nitrogen and oxygen atoms in total. The highest BCUT2D eigenvalue weighted by Crippen LogP contribution is 2.14. The number of halogens is 2. The molecule has 0 spiro atoms. The molecule has 2 aromatic rings. The van der Waals surface area contributed by atoms with E-state index in [4.69, 9.17) is 4.74 Å². The van der Waals surface area contributed by atoms with Gasteiger partial charge < -0.3 is 9.64 Å². The molecule has 26 heavy (non-hydrogen) atoms. The Bertz CT molecular complexity index is 762. The maximum Gasteiger partial charge on any atom is 0.310 e. The highest BCUT2D eigenvalue weighted by Gasteiger charge is 2.24. The van der Waals surface area contributed by atoms with E-state index in [2.05, 4.69) is 0 Å². The Morgan fingerprint density at radius 3 is 2.35 bits per heavy atom. The van der Waals surface area contributed by atoms with Crippen molar-refractivity contribution in [2.75, 3.05) is 20.2 Å². The maximum atomic E-state index is 14.0. The van der Waals surface area contributed by atoms with E-state index >= 15 is 0 Å². The highest BCUT2D eigenvalue weighted by molar-refractivity contribution is 5.94. The normalized spacial score (nSPS) is 11.7. The highest BCUT2D eigenvalue weighted by atomic mass is 19.1. The summed E-state index contributed by atoms with van der Waals surface area (Å²) in [6.45, 7) is 2.01. The molecule has 0 bridgehead atoms. The van der Waals surface area contributed by atoms with E-state index in [1.807, 2.05) is 0 Å². The summed E-state index contributed by atoms with van der Waals surface area (Å²) in [5, 5.41) is 0. The Hall–Kier alpha value is -2.76. The van der Waals surface area contributed by atoms with Crippen molar-refractivity contribution < 1.29 is 23.1 Å². The quantitative estimate of drug-likeness (QED) is 0.710. The van der Waals surface area contributed by atoms with Gasteiger partial charge in [0.2, 0.25) is 0 Å². The number of carbonyl (C=O) groups is 2. The average Bonchev–Trinajstić information content (AvgIpc) is 2.65. The standard InChI is InChI=1S/C20H21F2NO3/c1-14(20(25)26-2)13-23(12-11-15-7-9-16(21)10-8-15)19(24)17-5-3-4-6-18(17)22/h3-10,14H,11-13H2,1-2H3. The summed E-state index contributed by atoms with van der Waals surface area (Å²) in [7, 11) is 1.28. The summed E-state index contributed by atoms with van der Waals surface area (Å²) >= 11 is 0. The van der Waals surface area contributed by atoms with Crippen LogP contribution in [-0.4, -0.2) is 37.0 Å². The molecule has 1 amide bonds. The summed E-state index contributed by atoms with van der Waals surface area (Å²) in [6, 6.07) is 11.7. The zero-order valence-electron chi connectivity index (χ0n) is 14.7. The second-order valence-corrected chi connectivity index (χ2v) is 6.03. The molecule has 0 fully saturated rings. The van der Waals surface area contributed by atoms with Gasteiger partial charge in [-0.05, 0) is 36.2 Å². The van der Waals surface area contributed by atoms with Gasteiger partial charge in [-0.2, -0.15) is 0 Å². The lowest BCUT2D eigenvalue weighted by atomic mass is 10.1. The molecular formula is C20H21F2NO3. The van der Waals surface area contributed by atoms with Crippen molar-refractivity contribution in [2.24, 2.45) is 5.92 Å². The van der Waals surface area contributed by atoms with Crippen LogP contribution in [0.2, 0.25) is 0 Å². The summed E-state index contributed by atoms with van der Waals surface area (Å²) in [6.07, 6.45) is 0.453. The molecule has 2 aromatic carbocycles. The zero-order chi connectivity index (χ0) is 19.1. The third-order valence-corrected chi connectivity index (χ3v) is 4.07. The summed E-state index contributed by atoms with van der Waals surface area (Å²) in [5.41, 5.74) is 0.784. The van der Waals surface area contributed by atoms with Crippen LogP contribution >= 0.6 is 0 Å². The molecule has 1 atom stereocenters. The molecule has 0 saturated carbocycles. The van der Waals surface area contributed by atoms with E-state index in [1.54, 1.807) is 25.1 Å². The molecule has 0 N–H and O–H groups in total. The van der Waals surface area contributed by atoms with Crippen LogP contribution in [0.3, 0.4) is 0 Å². The van der Waals surface area contributed by atoms with Crippen LogP contribution in [0.5, 0.6) is 0 Å². The lowest BCUT2D eigenvalue weighted by molar-refractivity contribution is -0.145. The van der Waals surface area contributed by atoms with Crippen LogP contribution in [0.25, 0.3) is 0 Å². The van der Waals surface area contributed by atoms with Crippen LogP contribution in [0.1, 0.15) is 22.8 Å². The topological polar surface area (TPSA) is 46.6 Å². The minimum Gasteiger partial charge on any atom is -0.469 e. The van der Waals surface area contributed by atoms with E-state index in [1.165, 1.54) is 42.3 Å². The van der Waals surface area contributed by atoms with Gasteiger partial charge >= 0.3 is 5.97 Å². The largest absolute Gasteiger partial charge is 0.469 e. The van der Waals surface area contributed by atoms with Crippen molar-refractivity contribution in [3.05, 3.63) is 71.3 Å². The van der Waals surface area contributed by atoms with Gasteiger partial charge in [-0.15, -0.1) is 0 Å². The maximum absolute atomic E-state index is 14.0. The number of carbonyl (C=O) groups excluding carboxylic acids is 2. The van der Waals surface area contributed by atoms with Gasteiger partial charge in [0, 0.05) is 13.1 Å². The predicted molar refractivity (Wildman–Crippen MR) is 93.6 cm³/mol. The van der Waals surface area contributed by atoms with Crippen LogP contribution in [0, 0.1) is 17.6 Å². The lowest BCUT2D eigenvalue weighted by Crippen LogP contribution is -2.39. The zero-order valence-corrected chi connectivity index (χ0v) is 14.7. The number of hydrogen-bond acceptors (Lipinski definition) is 3. The molecule has 6 heteroatoms.